The molecule has 0 fully saturated rings. The summed E-state index contributed by atoms with van der Waals surface area (Å²) in [7, 11) is 0. The topological polar surface area (TPSA) is 21.3 Å². The number of benzene rings is 4. The van der Waals surface area contributed by atoms with Gasteiger partial charge in [0.15, 0.2) is 0 Å². The lowest BCUT2D eigenvalue weighted by Gasteiger charge is -2.11. The normalized spacial score (nSPS) is 10.7. The molecule has 27 heavy (non-hydrogen) atoms. The zero-order valence-corrected chi connectivity index (χ0v) is 15.3. The molecular formula is C25H23NO. The summed E-state index contributed by atoms with van der Waals surface area (Å²) in [5, 5.41) is 6.05. The Morgan fingerprint density at radius 3 is 2.33 bits per heavy atom. The zero-order chi connectivity index (χ0) is 18.3. The summed E-state index contributed by atoms with van der Waals surface area (Å²) in [4.78, 5) is 0. The molecule has 0 atom stereocenters. The highest BCUT2D eigenvalue weighted by molar-refractivity contribution is 5.93. The Morgan fingerprint density at radius 1 is 0.667 bits per heavy atom. The van der Waals surface area contributed by atoms with Gasteiger partial charge in [0.1, 0.15) is 5.75 Å². The number of hydrogen-bond acceptors (Lipinski definition) is 2. The molecule has 0 bridgehead atoms. The fraction of sp³-hybridized carbons (Fsp3) is 0.120. The van der Waals surface area contributed by atoms with Crippen LogP contribution in [0.15, 0.2) is 97.1 Å². The molecule has 0 radical (unpaired) electrons. The first kappa shape index (κ1) is 17.2. The van der Waals surface area contributed by atoms with Gasteiger partial charge in [0.2, 0.25) is 0 Å². The second-order valence-electron chi connectivity index (χ2n) is 6.61. The van der Waals surface area contributed by atoms with E-state index in [-0.39, 0.29) is 0 Å². The van der Waals surface area contributed by atoms with Gasteiger partial charge < -0.3 is 10.1 Å². The van der Waals surface area contributed by atoms with Crippen molar-refractivity contribution in [1.82, 2.24) is 0 Å². The summed E-state index contributed by atoms with van der Waals surface area (Å²) in [5.41, 5.74) is 3.66. The van der Waals surface area contributed by atoms with Crippen LogP contribution in [0.1, 0.15) is 11.1 Å². The van der Waals surface area contributed by atoms with E-state index in [0.29, 0.717) is 6.61 Å². The predicted molar refractivity (Wildman–Crippen MR) is 113 cm³/mol. The first-order chi connectivity index (χ1) is 13.4. The highest BCUT2D eigenvalue weighted by Gasteiger charge is 2.02. The molecule has 0 aromatic heterocycles. The van der Waals surface area contributed by atoms with Gasteiger partial charge in [0.05, 0.1) is 6.61 Å². The number of fused-ring (bicyclic) bond motifs is 1. The standard InChI is InChI=1S/C25H23NO/c1-2-8-20(9-3-1)16-17-27-23-13-6-10-21(18-23)19-26-25-15-7-12-22-11-4-5-14-24(22)25/h1-15,18,26H,16-17,19H2. The van der Waals surface area contributed by atoms with E-state index >= 15 is 0 Å². The van der Waals surface area contributed by atoms with Gasteiger partial charge in [-0.05, 0) is 34.7 Å². The van der Waals surface area contributed by atoms with Crippen LogP contribution in [0, 0.1) is 0 Å². The molecule has 0 aliphatic rings. The van der Waals surface area contributed by atoms with Crippen molar-refractivity contribution in [2.24, 2.45) is 0 Å². The molecule has 4 aromatic rings. The van der Waals surface area contributed by atoms with Gasteiger partial charge in [-0.2, -0.15) is 0 Å². The lowest BCUT2D eigenvalue weighted by atomic mass is 10.1. The first-order valence-electron chi connectivity index (χ1n) is 9.36. The number of rotatable bonds is 7. The smallest absolute Gasteiger partial charge is 0.119 e. The number of hydrogen-bond donors (Lipinski definition) is 1. The Hall–Kier alpha value is -3.26. The van der Waals surface area contributed by atoms with Crippen LogP contribution in [-0.4, -0.2) is 6.61 Å². The van der Waals surface area contributed by atoms with Gasteiger partial charge in [-0.15, -0.1) is 0 Å². The maximum atomic E-state index is 5.95. The summed E-state index contributed by atoms with van der Waals surface area (Å²) < 4.78 is 5.95. The Kier molecular flexibility index (Phi) is 5.35. The molecule has 1 N–H and O–H groups in total. The van der Waals surface area contributed by atoms with E-state index in [2.05, 4.69) is 90.2 Å². The Labute approximate surface area is 160 Å². The highest BCUT2D eigenvalue weighted by atomic mass is 16.5. The highest BCUT2D eigenvalue weighted by Crippen LogP contribution is 2.24. The lowest BCUT2D eigenvalue weighted by Crippen LogP contribution is -2.03. The summed E-state index contributed by atoms with van der Waals surface area (Å²) in [6.07, 6.45) is 0.916. The molecule has 4 rings (SSSR count). The Balaban J connectivity index is 1.37. The van der Waals surface area contributed by atoms with Crippen molar-refractivity contribution in [3.05, 3.63) is 108 Å². The second kappa shape index (κ2) is 8.41. The molecular weight excluding hydrogens is 330 g/mol. The van der Waals surface area contributed by atoms with Crippen LogP contribution in [0.5, 0.6) is 5.75 Å². The maximum absolute atomic E-state index is 5.95. The SMILES string of the molecule is c1ccc(CCOc2cccc(CNc3cccc4ccccc34)c2)cc1. The van der Waals surface area contributed by atoms with Gasteiger partial charge in [-0.3, -0.25) is 0 Å². The van der Waals surface area contributed by atoms with Gasteiger partial charge in [0.25, 0.3) is 0 Å². The van der Waals surface area contributed by atoms with Crippen LogP contribution in [0.3, 0.4) is 0 Å². The molecule has 4 aromatic carbocycles. The van der Waals surface area contributed by atoms with E-state index in [9.17, 15) is 0 Å². The average molecular weight is 353 g/mol. The van der Waals surface area contributed by atoms with Crippen LogP contribution < -0.4 is 10.1 Å². The number of anilines is 1. The van der Waals surface area contributed by atoms with Crippen molar-refractivity contribution in [3.8, 4) is 5.75 Å². The molecule has 0 saturated heterocycles. The Bertz CT molecular complexity index is 1010. The molecule has 2 nitrogen and oxygen atoms in total. The Morgan fingerprint density at radius 2 is 1.41 bits per heavy atom. The molecule has 134 valence electrons. The molecule has 0 heterocycles. The zero-order valence-electron chi connectivity index (χ0n) is 15.3. The van der Waals surface area contributed by atoms with Crippen LogP contribution in [0.2, 0.25) is 0 Å². The monoisotopic (exact) mass is 353 g/mol. The van der Waals surface area contributed by atoms with E-state index in [0.717, 1.165) is 24.4 Å². The van der Waals surface area contributed by atoms with Gasteiger partial charge in [-0.25, -0.2) is 0 Å². The third-order valence-corrected chi connectivity index (χ3v) is 4.67. The minimum atomic E-state index is 0.685. The van der Waals surface area contributed by atoms with E-state index in [1.165, 1.54) is 21.9 Å². The molecule has 0 amide bonds. The van der Waals surface area contributed by atoms with Gasteiger partial charge in [0, 0.05) is 24.0 Å². The summed E-state index contributed by atoms with van der Waals surface area (Å²) in [5.74, 6) is 0.920. The third-order valence-electron chi connectivity index (χ3n) is 4.67. The first-order valence-corrected chi connectivity index (χ1v) is 9.36. The van der Waals surface area contributed by atoms with Crippen LogP contribution in [0.4, 0.5) is 5.69 Å². The van der Waals surface area contributed by atoms with Gasteiger partial charge >= 0.3 is 0 Å². The van der Waals surface area contributed by atoms with Crippen molar-refractivity contribution in [3.63, 3.8) is 0 Å². The lowest BCUT2D eigenvalue weighted by molar-refractivity contribution is 0.321. The van der Waals surface area contributed by atoms with Crippen LogP contribution in [0.25, 0.3) is 10.8 Å². The largest absolute Gasteiger partial charge is 0.493 e. The fourth-order valence-electron chi connectivity index (χ4n) is 3.25. The van der Waals surface area contributed by atoms with E-state index < -0.39 is 0 Å². The molecule has 0 unspecified atom stereocenters. The van der Waals surface area contributed by atoms with E-state index in [1.54, 1.807) is 0 Å². The summed E-state index contributed by atoms with van der Waals surface area (Å²) in [6, 6.07) is 33.6. The molecule has 0 aliphatic heterocycles. The average Bonchev–Trinajstić information content (AvgIpc) is 2.73. The number of nitrogens with one attached hydrogen (secondary N) is 1. The summed E-state index contributed by atoms with van der Waals surface area (Å²) in [6.45, 7) is 1.45. The second-order valence-corrected chi connectivity index (χ2v) is 6.61. The van der Waals surface area contributed by atoms with Crippen LogP contribution in [-0.2, 0) is 13.0 Å². The van der Waals surface area contributed by atoms with Crippen molar-refractivity contribution >= 4 is 16.5 Å². The quantitative estimate of drug-likeness (QED) is 0.435. The molecule has 0 aliphatic carbocycles. The van der Waals surface area contributed by atoms with Gasteiger partial charge in [-0.1, -0.05) is 78.9 Å². The molecule has 0 saturated carbocycles. The maximum Gasteiger partial charge on any atom is 0.119 e. The molecule has 0 spiro atoms. The van der Waals surface area contributed by atoms with E-state index in [1.807, 2.05) is 12.1 Å². The minimum Gasteiger partial charge on any atom is -0.493 e. The minimum absolute atomic E-state index is 0.685. The fourth-order valence-corrected chi connectivity index (χ4v) is 3.25. The third kappa shape index (κ3) is 4.48. The molecule has 2 heteroatoms. The van der Waals surface area contributed by atoms with Crippen molar-refractivity contribution in [2.75, 3.05) is 11.9 Å². The number of ether oxygens (including phenoxy) is 1. The van der Waals surface area contributed by atoms with E-state index in [4.69, 9.17) is 4.74 Å². The van der Waals surface area contributed by atoms with Crippen molar-refractivity contribution in [1.29, 1.82) is 0 Å². The van der Waals surface area contributed by atoms with Crippen molar-refractivity contribution < 1.29 is 4.74 Å². The predicted octanol–water partition coefficient (Wildman–Crippen LogP) is 6.07. The van der Waals surface area contributed by atoms with Crippen molar-refractivity contribution in [2.45, 2.75) is 13.0 Å². The summed E-state index contributed by atoms with van der Waals surface area (Å²) >= 11 is 0. The van der Waals surface area contributed by atoms with Crippen LogP contribution >= 0.6 is 0 Å².